The number of amides is 2. The highest BCUT2D eigenvalue weighted by atomic mass is 32.1. The van der Waals surface area contributed by atoms with Gasteiger partial charge in [-0.2, -0.15) is 0 Å². The fraction of sp³-hybridized carbons (Fsp3) is 0.684. The van der Waals surface area contributed by atoms with Crippen molar-refractivity contribution in [2.24, 2.45) is 17.8 Å². The van der Waals surface area contributed by atoms with E-state index in [1.165, 1.54) is 37.0 Å². The lowest BCUT2D eigenvalue weighted by Crippen LogP contribution is -2.38. The summed E-state index contributed by atoms with van der Waals surface area (Å²) in [6.45, 7) is 2.92. The Morgan fingerprint density at radius 1 is 1.08 bits per heavy atom. The van der Waals surface area contributed by atoms with Crippen LogP contribution in [0, 0.1) is 17.8 Å². The molecule has 0 radical (unpaired) electrons. The van der Waals surface area contributed by atoms with E-state index in [1.807, 2.05) is 27.3 Å². The van der Waals surface area contributed by atoms with Crippen molar-refractivity contribution >= 4 is 23.2 Å². The van der Waals surface area contributed by atoms with Crippen molar-refractivity contribution in [3.8, 4) is 0 Å². The Bertz CT molecular complexity index is 601. The summed E-state index contributed by atoms with van der Waals surface area (Å²) >= 11 is 1.49. The Kier molecular flexibility index (Phi) is 4.61. The highest BCUT2D eigenvalue weighted by Crippen LogP contribution is 2.49. The third-order valence-corrected chi connectivity index (χ3v) is 7.05. The van der Waals surface area contributed by atoms with E-state index in [1.54, 1.807) is 0 Å². The first-order valence-electron chi connectivity index (χ1n) is 9.31. The first-order chi connectivity index (χ1) is 11.7. The summed E-state index contributed by atoms with van der Waals surface area (Å²) < 4.78 is 0. The molecule has 1 aromatic rings. The highest BCUT2D eigenvalue weighted by Gasteiger charge is 2.40. The largest absolute Gasteiger partial charge is 0.341 e. The Balaban J connectivity index is 1.31. The van der Waals surface area contributed by atoms with E-state index in [9.17, 15) is 9.59 Å². The molecule has 1 aromatic heterocycles. The van der Waals surface area contributed by atoms with Gasteiger partial charge < -0.3 is 9.80 Å². The number of carbonyl (C=O) groups excluding carboxylic acids is 2. The molecule has 2 amide bonds. The maximum Gasteiger partial charge on any atom is 0.263 e. The van der Waals surface area contributed by atoms with Crippen molar-refractivity contribution in [1.82, 2.24) is 9.80 Å². The average molecular weight is 346 g/mol. The number of nitrogens with zero attached hydrogens (tertiary/aromatic N) is 2. The van der Waals surface area contributed by atoms with Gasteiger partial charge in [-0.3, -0.25) is 9.59 Å². The van der Waals surface area contributed by atoms with Gasteiger partial charge in [-0.05, 0) is 54.9 Å². The van der Waals surface area contributed by atoms with Crippen LogP contribution < -0.4 is 0 Å². The van der Waals surface area contributed by atoms with Gasteiger partial charge in [0.1, 0.15) is 0 Å². The van der Waals surface area contributed by atoms with Crippen LogP contribution in [0.5, 0.6) is 0 Å². The SMILES string of the molecule is O=C(C[C@@H]1C[C@H]2CC[C@H]1C2)N1CCCN(C(=O)c2cccs2)CC1. The Labute approximate surface area is 147 Å². The standard InChI is InChI=1S/C19H26N2O2S/c22-18(13-16-12-14-4-5-15(16)11-14)20-6-2-7-21(9-8-20)19(23)17-3-1-10-24-17/h1,3,10,14-16H,2,4-9,11-13H2/t14-,15-,16-/m0/s1. The number of thiophene rings is 1. The predicted molar refractivity (Wildman–Crippen MR) is 95.0 cm³/mol. The molecular weight excluding hydrogens is 320 g/mol. The molecular formula is C19H26N2O2S. The van der Waals surface area contributed by atoms with E-state index in [-0.39, 0.29) is 5.91 Å². The number of hydrogen-bond acceptors (Lipinski definition) is 3. The maximum atomic E-state index is 12.7. The van der Waals surface area contributed by atoms with Crippen LogP contribution in [0.2, 0.25) is 0 Å². The number of rotatable bonds is 3. The highest BCUT2D eigenvalue weighted by molar-refractivity contribution is 7.12. The molecule has 1 saturated heterocycles. The van der Waals surface area contributed by atoms with Crippen LogP contribution in [0.3, 0.4) is 0 Å². The molecule has 3 aliphatic rings. The predicted octanol–water partition coefficient (Wildman–Crippen LogP) is 3.25. The summed E-state index contributed by atoms with van der Waals surface area (Å²) in [4.78, 5) is 29.9. The molecule has 0 aromatic carbocycles. The lowest BCUT2D eigenvalue weighted by atomic mass is 9.86. The molecule has 2 bridgehead atoms. The molecule has 0 spiro atoms. The molecule has 2 saturated carbocycles. The first kappa shape index (κ1) is 16.1. The van der Waals surface area contributed by atoms with Gasteiger partial charge in [0.05, 0.1) is 4.88 Å². The Morgan fingerprint density at radius 3 is 2.62 bits per heavy atom. The van der Waals surface area contributed by atoms with Crippen LogP contribution >= 0.6 is 11.3 Å². The van der Waals surface area contributed by atoms with E-state index in [0.717, 1.165) is 42.6 Å². The van der Waals surface area contributed by atoms with Gasteiger partial charge >= 0.3 is 0 Å². The fourth-order valence-corrected chi connectivity index (χ4v) is 5.60. The summed E-state index contributed by atoms with van der Waals surface area (Å²) in [6, 6.07) is 3.80. The molecule has 5 heteroatoms. The maximum absolute atomic E-state index is 12.7. The average Bonchev–Trinajstić information content (AvgIpc) is 3.29. The third kappa shape index (κ3) is 3.23. The van der Waals surface area contributed by atoms with Crippen LogP contribution in [-0.2, 0) is 4.79 Å². The zero-order valence-electron chi connectivity index (χ0n) is 14.2. The van der Waals surface area contributed by atoms with Gasteiger partial charge in [0.2, 0.25) is 5.91 Å². The second kappa shape index (κ2) is 6.87. The lowest BCUT2D eigenvalue weighted by Gasteiger charge is -2.26. The van der Waals surface area contributed by atoms with Crippen LogP contribution in [0.25, 0.3) is 0 Å². The van der Waals surface area contributed by atoms with Crippen LogP contribution in [-0.4, -0.2) is 47.8 Å². The van der Waals surface area contributed by atoms with Gasteiger partial charge in [-0.25, -0.2) is 0 Å². The summed E-state index contributed by atoms with van der Waals surface area (Å²) in [5, 5.41) is 1.94. The zero-order valence-corrected chi connectivity index (χ0v) is 15.0. The minimum absolute atomic E-state index is 0.118. The molecule has 1 aliphatic heterocycles. The summed E-state index contributed by atoms with van der Waals surface area (Å²) in [7, 11) is 0. The van der Waals surface area contributed by atoms with E-state index in [2.05, 4.69) is 0 Å². The summed E-state index contributed by atoms with van der Waals surface area (Å²) in [6.07, 6.45) is 6.98. The summed E-state index contributed by atoms with van der Waals surface area (Å²) in [5.74, 6) is 2.77. The zero-order chi connectivity index (χ0) is 16.5. The van der Waals surface area contributed by atoms with E-state index >= 15 is 0 Å². The monoisotopic (exact) mass is 346 g/mol. The molecule has 4 rings (SSSR count). The number of fused-ring (bicyclic) bond motifs is 2. The molecule has 0 N–H and O–H groups in total. The van der Waals surface area contributed by atoms with Crippen LogP contribution in [0.15, 0.2) is 17.5 Å². The van der Waals surface area contributed by atoms with E-state index in [4.69, 9.17) is 0 Å². The van der Waals surface area contributed by atoms with Crippen molar-refractivity contribution in [3.63, 3.8) is 0 Å². The van der Waals surface area contributed by atoms with E-state index < -0.39 is 0 Å². The van der Waals surface area contributed by atoms with Gasteiger partial charge in [0, 0.05) is 32.6 Å². The quantitative estimate of drug-likeness (QED) is 0.843. The Hall–Kier alpha value is -1.36. The summed E-state index contributed by atoms with van der Waals surface area (Å²) in [5.41, 5.74) is 0. The second-order valence-corrected chi connectivity index (χ2v) is 8.59. The van der Waals surface area contributed by atoms with Gasteiger partial charge in [-0.1, -0.05) is 12.5 Å². The third-order valence-electron chi connectivity index (χ3n) is 6.19. The molecule has 2 heterocycles. The van der Waals surface area contributed by atoms with Gasteiger partial charge in [0.25, 0.3) is 5.91 Å². The fourth-order valence-electron chi connectivity index (χ4n) is 4.91. The van der Waals surface area contributed by atoms with Crippen LogP contribution in [0.1, 0.15) is 48.2 Å². The minimum Gasteiger partial charge on any atom is -0.341 e. The molecule has 2 aliphatic carbocycles. The lowest BCUT2D eigenvalue weighted by molar-refractivity contribution is -0.132. The number of hydrogen-bond donors (Lipinski definition) is 0. The minimum atomic E-state index is 0.118. The van der Waals surface area contributed by atoms with Crippen LogP contribution in [0.4, 0.5) is 0 Å². The first-order valence-corrected chi connectivity index (χ1v) is 10.2. The topological polar surface area (TPSA) is 40.6 Å². The van der Waals surface area contributed by atoms with Crippen molar-refractivity contribution in [2.45, 2.75) is 38.5 Å². The normalized spacial score (nSPS) is 29.8. The van der Waals surface area contributed by atoms with Gasteiger partial charge in [-0.15, -0.1) is 11.3 Å². The molecule has 3 atom stereocenters. The molecule has 24 heavy (non-hydrogen) atoms. The second-order valence-electron chi connectivity index (χ2n) is 7.64. The molecule has 130 valence electrons. The molecule has 4 nitrogen and oxygen atoms in total. The smallest absolute Gasteiger partial charge is 0.263 e. The van der Waals surface area contributed by atoms with E-state index in [0.29, 0.717) is 24.9 Å². The number of carbonyl (C=O) groups is 2. The van der Waals surface area contributed by atoms with Crippen molar-refractivity contribution in [3.05, 3.63) is 22.4 Å². The molecule has 3 fully saturated rings. The van der Waals surface area contributed by atoms with Gasteiger partial charge in [0.15, 0.2) is 0 Å². The van der Waals surface area contributed by atoms with Crippen molar-refractivity contribution in [1.29, 1.82) is 0 Å². The van der Waals surface area contributed by atoms with Crippen molar-refractivity contribution in [2.75, 3.05) is 26.2 Å². The van der Waals surface area contributed by atoms with Crippen molar-refractivity contribution < 1.29 is 9.59 Å². The molecule has 0 unspecified atom stereocenters. The Morgan fingerprint density at radius 2 is 1.92 bits per heavy atom.